The van der Waals surface area contributed by atoms with Crippen LogP contribution in [0.1, 0.15) is 31.2 Å². The molecule has 3 atom stereocenters. The van der Waals surface area contributed by atoms with Crippen molar-refractivity contribution in [2.75, 3.05) is 13.2 Å². The van der Waals surface area contributed by atoms with Gasteiger partial charge in [-0.1, -0.05) is 0 Å². The number of carbonyl (C=O) groups excluding carboxylic acids is 5. The van der Waals surface area contributed by atoms with E-state index in [0.29, 0.717) is 24.3 Å². The molecule has 0 aliphatic carbocycles. The van der Waals surface area contributed by atoms with Crippen molar-refractivity contribution < 1.29 is 33.5 Å². The molecule has 2 unspecified atom stereocenters. The van der Waals surface area contributed by atoms with Crippen molar-refractivity contribution in [3.8, 4) is 0 Å². The van der Waals surface area contributed by atoms with E-state index in [0.717, 1.165) is 10.6 Å². The van der Waals surface area contributed by atoms with E-state index in [1.807, 2.05) is 10.8 Å². The fourth-order valence-corrected chi connectivity index (χ4v) is 4.90. The summed E-state index contributed by atoms with van der Waals surface area (Å²) in [4.78, 5) is 69.5. The first-order valence-corrected chi connectivity index (χ1v) is 10.8. The number of hydrogen-bond acceptors (Lipinski definition) is 8. The predicted molar refractivity (Wildman–Crippen MR) is 105 cm³/mol. The lowest BCUT2D eigenvalue weighted by molar-refractivity contribution is -0.219. The van der Waals surface area contributed by atoms with E-state index < -0.39 is 47.3 Å². The normalized spacial score (nSPS) is 28.4. The second kappa shape index (κ2) is 8.36. The Hall–Kier alpha value is -2.83. The highest BCUT2D eigenvalue weighted by molar-refractivity contribution is 7.08. The maximum absolute atomic E-state index is 13.4. The van der Waals surface area contributed by atoms with E-state index in [1.165, 1.54) is 11.3 Å². The van der Waals surface area contributed by atoms with Crippen LogP contribution in [0, 0.1) is 0 Å². The monoisotopic (exact) mass is 450 g/mol. The molecule has 31 heavy (non-hydrogen) atoms. The highest BCUT2D eigenvalue weighted by Gasteiger charge is 2.63. The van der Waals surface area contributed by atoms with Gasteiger partial charge in [-0.15, -0.1) is 0 Å². The number of nitrogens with one attached hydrogen (secondary N) is 1. The second-order valence-corrected chi connectivity index (χ2v) is 8.39. The Morgan fingerprint density at radius 2 is 2.13 bits per heavy atom. The lowest BCUT2D eigenvalue weighted by atomic mass is 9.94. The van der Waals surface area contributed by atoms with Crippen molar-refractivity contribution in [1.82, 2.24) is 15.3 Å². The summed E-state index contributed by atoms with van der Waals surface area (Å²) in [5.41, 5.74) is 4.19. The first kappa shape index (κ1) is 21.4. The van der Waals surface area contributed by atoms with Crippen LogP contribution in [0.3, 0.4) is 0 Å². The number of nitrogens with zero attached hydrogens (tertiary/aromatic N) is 2. The Balaban J connectivity index is 1.58. The topological polar surface area (TPSA) is 148 Å². The minimum Gasteiger partial charge on any atom is -0.370 e. The lowest BCUT2D eigenvalue weighted by Gasteiger charge is -2.41. The van der Waals surface area contributed by atoms with E-state index >= 15 is 0 Å². The van der Waals surface area contributed by atoms with Crippen molar-refractivity contribution in [3.63, 3.8) is 0 Å². The van der Waals surface area contributed by atoms with Gasteiger partial charge >= 0.3 is 6.03 Å². The number of imide groups is 1. The summed E-state index contributed by atoms with van der Waals surface area (Å²) < 4.78 is 5.46. The number of hydrogen-bond donors (Lipinski definition) is 2. The number of hydroxylamine groups is 2. The molecule has 0 bridgehead atoms. The second-order valence-electron chi connectivity index (χ2n) is 7.61. The van der Waals surface area contributed by atoms with Crippen LogP contribution >= 0.6 is 11.3 Å². The Kier molecular flexibility index (Phi) is 5.77. The molecule has 3 aliphatic rings. The minimum absolute atomic E-state index is 0.0825. The molecule has 3 N–H and O–H groups in total. The third kappa shape index (κ3) is 3.70. The summed E-state index contributed by atoms with van der Waals surface area (Å²) in [6.07, 6.45) is -0.106. The fraction of sp³-hybridized carbons (Fsp3) is 0.526. The zero-order valence-electron chi connectivity index (χ0n) is 16.6. The van der Waals surface area contributed by atoms with Gasteiger partial charge in [0.15, 0.2) is 0 Å². The SMILES string of the molecule is NC(=O)N1C(=O)CCC1(C(=O)C1CCCO1)N1OC[C@H](NC(=O)Cc2ccsc2)C1=O. The largest absolute Gasteiger partial charge is 0.370 e. The molecule has 0 saturated carbocycles. The smallest absolute Gasteiger partial charge is 0.323 e. The summed E-state index contributed by atoms with van der Waals surface area (Å²) in [5, 5.41) is 6.99. The number of nitrogens with two attached hydrogens (primary N) is 1. The van der Waals surface area contributed by atoms with Gasteiger partial charge in [-0.3, -0.25) is 24.0 Å². The quantitative estimate of drug-likeness (QED) is 0.604. The summed E-state index contributed by atoms with van der Waals surface area (Å²) in [7, 11) is 0. The number of ether oxygens (including phenoxy) is 1. The Labute approximate surface area is 181 Å². The summed E-state index contributed by atoms with van der Waals surface area (Å²) >= 11 is 1.45. The van der Waals surface area contributed by atoms with E-state index in [4.69, 9.17) is 15.3 Å². The predicted octanol–water partition coefficient (Wildman–Crippen LogP) is -0.305. The zero-order chi connectivity index (χ0) is 22.2. The molecule has 3 fully saturated rings. The molecule has 0 spiro atoms. The van der Waals surface area contributed by atoms with Crippen LogP contribution in [0.2, 0.25) is 0 Å². The van der Waals surface area contributed by atoms with Crippen molar-refractivity contribution in [3.05, 3.63) is 22.4 Å². The van der Waals surface area contributed by atoms with Gasteiger partial charge in [0.2, 0.25) is 23.3 Å². The first-order valence-electron chi connectivity index (χ1n) is 9.90. The highest BCUT2D eigenvalue weighted by Crippen LogP contribution is 2.39. The number of rotatable bonds is 6. The Bertz CT molecular complexity index is 914. The number of urea groups is 1. The minimum atomic E-state index is -2.03. The molecular formula is C19H22N4O7S. The third-order valence-corrected chi connectivity index (χ3v) is 6.36. The highest BCUT2D eigenvalue weighted by atomic mass is 32.1. The number of carbonyl (C=O) groups is 5. The van der Waals surface area contributed by atoms with Crippen molar-refractivity contribution in [2.45, 2.75) is 49.9 Å². The molecular weight excluding hydrogens is 428 g/mol. The van der Waals surface area contributed by atoms with E-state index in [-0.39, 0.29) is 25.9 Å². The molecule has 0 radical (unpaired) electrons. The summed E-state index contributed by atoms with van der Waals surface area (Å²) in [6.45, 7) is 0.114. The molecule has 5 amide bonds. The molecule has 0 aromatic carbocycles. The molecule has 11 nitrogen and oxygen atoms in total. The van der Waals surface area contributed by atoms with Crippen molar-refractivity contribution in [1.29, 1.82) is 0 Å². The standard InChI is InChI=1S/C19H22N4O7S/c20-18(28)22-15(25)3-5-19(22,16(26)13-2-1-6-29-13)23-17(27)12(9-30-23)21-14(24)8-11-4-7-31-10-11/h4,7,10,12-13H,1-3,5-6,8-9H2,(H2,20,28)(H,21,24)/t12-,13?,19?/m0/s1. The van der Waals surface area contributed by atoms with E-state index in [2.05, 4.69) is 5.32 Å². The molecule has 3 saturated heterocycles. The summed E-state index contributed by atoms with van der Waals surface area (Å²) in [6, 6.07) is -0.422. The number of likely N-dealkylation sites (tertiary alicyclic amines) is 1. The number of ketones is 1. The zero-order valence-corrected chi connectivity index (χ0v) is 17.4. The van der Waals surface area contributed by atoms with Crippen LogP contribution < -0.4 is 11.1 Å². The number of amides is 5. The van der Waals surface area contributed by atoms with E-state index in [1.54, 1.807) is 6.07 Å². The molecule has 1 aromatic rings. The van der Waals surface area contributed by atoms with Gasteiger partial charge in [-0.2, -0.15) is 16.4 Å². The van der Waals surface area contributed by atoms with Crippen LogP contribution in [0.4, 0.5) is 4.79 Å². The molecule has 4 rings (SSSR count). The molecule has 12 heteroatoms. The fourth-order valence-electron chi connectivity index (χ4n) is 4.23. The maximum atomic E-state index is 13.4. The van der Waals surface area contributed by atoms with Gasteiger partial charge in [0.25, 0.3) is 5.91 Å². The third-order valence-electron chi connectivity index (χ3n) is 5.63. The number of Topliss-reactive ketones (excluding diaryl/α,β-unsaturated/α-hetero) is 1. The van der Waals surface area contributed by atoms with Crippen LogP contribution in [-0.4, -0.2) is 70.5 Å². The Morgan fingerprint density at radius 1 is 1.32 bits per heavy atom. The molecule has 4 heterocycles. The molecule has 1 aromatic heterocycles. The molecule has 3 aliphatic heterocycles. The van der Waals surface area contributed by atoms with Crippen molar-refractivity contribution >= 4 is 40.9 Å². The van der Waals surface area contributed by atoms with Crippen LogP contribution in [-0.2, 0) is 35.2 Å². The molecule has 166 valence electrons. The first-order chi connectivity index (χ1) is 14.8. The van der Waals surface area contributed by atoms with Crippen LogP contribution in [0.5, 0.6) is 0 Å². The van der Waals surface area contributed by atoms with Gasteiger partial charge in [-0.25, -0.2) is 9.69 Å². The average molecular weight is 450 g/mol. The lowest BCUT2D eigenvalue weighted by Crippen LogP contribution is -2.68. The van der Waals surface area contributed by atoms with Crippen LogP contribution in [0.25, 0.3) is 0 Å². The van der Waals surface area contributed by atoms with Crippen molar-refractivity contribution in [2.24, 2.45) is 5.73 Å². The Morgan fingerprint density at radius 3 is 2.77 bits per heavy atom. The number of thiophene rings is 1. The van der Waals surface area contributed by atoms with Gasteiger partial charge in [0, 0.05) is 19.4 Å². The maximum Gasteiger partial charge on any atom is 0.323 e. The van der Waals surface area contributed by atoms with E-state index in [9.17, 15) is 24.0 Å². The van der Waals surface area contributed by atoms with Gasteiger partial charge in [-0.05, 0) is 35.2 Å². The van der Waals surface area contributed by atoms with Gasteiger partial charge in [0.1, 0.15) is 18.8 Å². The van der Waals surface area contributed by atoms with Crippen LogP contribution in [0.15, 0.2) is 16.8 Å². The van der Waals surface area contributed by atoms with Gasteiger partial charge < -0.3 is 15.8 Å². The van der Waals surface area contributed by atoms with Gasteiger partial charge in [0.05, 0.1) is 6.42 Å². The summed E-state index contributed by atoms with van der Waals surface area (Å²) in [5.74, 6) is -2.43. The average Bonchev–Trinajstić information content (AvgIpc) is 3.50. The number of primary amides is 1.